The summed E-state index contributed by atoms with van der Waals surface area (Å²) in [5.74, 6) is -1.08. The van der Waals surface area contributed by atoms with Gasteiger partial charge in [-0.2, -0.15) is 0 Å². The van der Waals surface area contributed by atoms with Gasteiger partial charge in [0.05, 0.1) is 17.1 Å². The normalized spacial score (nSPS) is 10.6. The van der Waals surface area contributed by atoms with Crippen molar-refractivity contribution in [1.82, 2.24) is 29.1 Å². The van der Waals surface area contributed by atoms with Gasteiger partial charge in [-0.3, -0.25) is 0 Å². The van der Waals surface area contributed by atoms with Crippen molar-refractivity contribution in [3.63, 3.8) is 0 Å². The van der Waals surface area contributed by atoms with E-state index in [1.807, 2.05) is 54.6 Å². The number of carboxylic acid groups (broad SMARTS) is 1. The molecule has 0 fully saturated rings. The third-order valence-corrected chi connectivity index (χ3v) is 6.96. The van der Waals surface area contributed by atoms with Crippen molar-refractivity contribution in [1.29, 1.82) is 0 Å². The van der Waals surface area contributed by atoms with E-state index in [1.165, 1.54) is 0 Å². The fourth-order valence-corrected chi connectivity index (χ4v) is 5.02. The molecule has 42 heavy (non-hydrogen) atoms. The molecular formula is C32H31BCuN6O2. The zero-order valence-electron chi connectivity index (χ0n) is 23.9. The standard InChI is InChI=1S/C30H28BN6.C2H4O2.Cu/c1-22-19-28(25-13-7-4-8-14-25)32-35(22)31(36-23(2)20-29(33-36)26-15-9-5-10-16-26)37-24(3)21-30(34-37)27-17-11-6-12-18-27;1-2(3)4;/h4-21,31H,1-3H3;1H3,(H,3,4);/q-1;;+2/p-1. The van der Waals surface area contributed by atoms with Gasteiger partial charge in [0, 0.05) is 22.7 Å². The van der Waals surface area contributed by atoms with Gasteiger partial charge in [0.2, 0.25) is 0 Å². The van der Waals surface area contributed by atoms with Gasteiger partial charge in [-0.05, 0) is 63.0 Å². The van der Waals surface area contributed by atoms with E-state index in [0.717, 1.165) is 57.8 Å². The molecule has 3 heterocycles. The first kappa shape index (κ1) is 30.3. The summed E-state index contributed by atoms with van der Waals surface area (Å²) < 4.78 is 6.31. The van der Waals surface area contributed by atoms with Gasteiger partial charge in [-0.15, -0.1) is 0 Å². The zero-order valence-corrected chi connectivity index (χ0v) is 24.8. The Balaban J connectivity index is 0.000000763. The van der Waals surface area contributed by atoms with Crippen LogP contribution in [0.2, 0.25) is 0 Å². The second-order valence-electron chi connectivity index (χ2n) is 10.0. The SMILES string of the molecule is CC(=O)[O-].Cc1cc(-c2ccccc2)nn1[BH-](n1nc(-c2ccccc2)cc1C)n1nc(-c2ccccc2)cc1C.[Cu+2]. The van der Waals surface area contributed by atoms with Crippen molar-refractivity contribution < 1.29 is 27.0 Å². The number of carboxylic acids is 1. The summed E-state index contributed by atoms with van der Waals surface area (Å²) in [4.78, 5) is 8.89. The number of rotatable bonds is 6. The Labute approximate surface area is 256 Å². The summed E-state index contributed by atoms with van der Waals surface area (Å²) in [5.41, 5.74) is 9.28. The summed E-state index contributed by atoms with van der Waals surface area (Å²) in [6.07, 6.45) is 0. The van der Waals surface area contributed by atoms with Gasteiger partial charge in [0.15, 0.2) is 0 Å². The first-order valence-corrected chi connectivity index (χ1v) is 13.5. The van der Waals surface area contributed by atoms with Crippen LogP contribution in [0.3, 0.4) is 0 Å². The van der Waals surface area contributed by atoms with Crippen LogP contribution in [0.15, 0.2) is 109 Å². The number of carbonyl (C=O) groups excluding carboxylic acids is 1. The van der Waals surface area contributed by atoms with Gasteiger partial charge in [-0.25, -0.2) is 15.3 Å². The van der Waals surface area contributed by atoms with Crippen molar-refractivity contribution in [2.24, 2.45) is 0 Å². The van der Waals surface area contributed by atoms with E-state index in [2.05, 4.69) is 89.1 Å². The first-order chi connectivity index (χ1) is 19.8. The number of aryl methyl sites for hydroxylation is 3. The average molecular weight is 606 g/mol. The smallest absolute Gasteiger partial charge is 0.550 e. The maximum absolute atomic E-state index is 8.89. The third kappa shape index (κ3) is 6.62. The molecule has 0 amide bonds. The number of hydrogen-bond donors (Lipinski definition) is 0. The van der Waals surface area contributed by atoms with Crippen LogP contribution in [0, 0.1) is 20.8 Å². The fraction of sp³-hybridized carbons (Fsp3) is 0.125. The van der Waals surface area contributed by atoms with Crippen molar-refractivity contribution in [2.45, 2.75) is 27.7 Å². The van der Waals surface area contributed by atoms with E-state index >= 15 is 0 Å². The topological polar surface area (TPSA) is 93.6 Å². The number of benzene rings is 3. The molecule has 0 unspecified atom stereocenters. The summed E-state index contributed by atoms with van der Waals surface area (Å²) in [6, 6.07) is 37.3. The predicted octanol–water partition coefficient (Wildman–Crippen LogP) is 4.62. The van der Waals surface area contributed by atoms with Crippen LogP contribution in [-0.4, -0.2) is 42.2 Å². The Morgan fingerprint density at radius 3 is 1.05 bits per heavy atom. The zero-order chi connectivity index (χ0) is 28.9. The molecule has 0 aliphatic heterocycles. The molecule has 0 saturated heterocycles. The molecule has 10 heteroatoms. The minimum atomic E-state index is -1.55. The molecule has 0 aliphatic rings. The van der Waals surface area contributed by atoms with Crippen LogP contribution in [-0.2, 0) is 21.9 Å². The van der Waals surface area contributed by atoms with Crippen molar-refractivity contribution >= 4 is 13.1 Å². The van der Waals surface area contributed by atoms with E-state index in [9.17, 15) is 0 Å². The number of hydrogen-bond acceptors (Lipinski definition) is 5. The number of aromatic nitrogens is 6. The van der Waals surface area contributed by atoms with Gasteiger partial charge in [0.1, 0.15) is 0 Å². The van der Waals surface area contributed by atoms with E-state index in [0.29, 0.717) is 0 Å². The Morgan fingerprint density at radius 2 is 0.810 bits per heavy atom. The van der Waals surface area contributed by atoms with Crippen LogP contribution < -0.4 is 5.11 Å². The minimum absolute atomic E-state index is 0. The number of carbonyl (C=O) groups is 1. The molecule has 0 aliphatic carbocycles. The van der Waals surface area contributed by atoms with Crippen molar-refractivity contribution in [2.75, 3.05) is 0 Å². The van der Waals surface area contributed by atoms with Crippen molar-refractivity contribution in [3.8, 4) is 33.8 Å². The molecule has 8 nitrogen and oxygen atoms in total. The summed E-state index contributed by atoms with van der Waals surface area (Å²) in [7, 11) is -1.55. The van der Waals surface area contributed by atoms with Crippen LogP contribution in [0.25, 0.3) is 33.8 Å². The van der Waals surface area contributed by atoms with Crippen LogP contribution >= 0.6 is 0 Å². The largest absolute Gasteiger partial charge is 2.00 e. The first-order valence-electron chi connectivity index (χ1n) is 13.5. The Kier molecular flexibility index (Phi) is 9.62. The van der Waals surface area contributed by atoms with E-state index in [-0.39, 0.29) is 17.1 Å². The van der Waals surface area contributed by atoms with E-state index < -0.39 is 13.1 Å². The maximum atomic E-state index is 8.89. The van der Waals surface area contributed by atoms with E-state index in [4.69, 9.17) is 25.2 Å². The van der Waals surface area contributed by atoms with Crippen molar-refractivity contribution in [3.05, 3.63) is 126 Å². The Hall–Kier alpha value is -4.66. The van der Waals surface area contributed by atoms with Crippen LogP contribution in [0.5, 0.6) is 0 Å². The molecule has 3 aromatic carbocycles. The molecule has 3 aromatic heterocycles. The molecule has 6 rings (SSSR count). The molecule has 6 aromatic rings. The molecule has 0 saturated carbocycles. The molecule has 1 radical (unpaired) electrons. The van der Waals surface area contributed by atoms with Gasteiger partial charge in [0.25, 0.3) is 0 Å². The Morgan fingerprint density at radius 1 is 0.571 bits per heavy atom. The third-order valence-electron chi connectivity index (χ3n) is 6.96. The Bertz CT molecular complexity index is 1560. The van der Waals surface area contributed by atoms with Crippen LogP contribution in [0.1, 0.15) is 24.0 Å². The molecular weight excluding hydrogens is 575 g/mol. The van der Waals surface area contributed by atoms with Crippen LogP contribution in [0.4, 0.5) is 0 Å². The number of aliphatic carboxylic acids is 1. The van der Waals surface area contributed by atoms with E-state index in [1.54, 1.807) is 0 Å². The monoisotopic (exact) mass is 605 g/mol. The summed E-state index contributed by atoms with van der Waals surface area (Å²) >= 11 is 0. The molecule has 0 bridgehead atoms. The predicted molar refractivity (Wildman–Crippen MR) is 161 cm³/mol. The molecule has 215 valence electrons. The van der Waals surface area contributed by atoms with Gasteiger partial charge < -0.3 is 23.7 Å². The van der Waals surface area contributed by atoms with Gasteiger partial charge in [-0.1, -0.05) is 91.0 Å². The summed E-state index contributed by atoms with van der Waals surface area (Å²) in [6.45, 7) is 7.29. The quantitative estimate of drug-likeness (QED) is 0.258. The molecule has 0 spiro atoms. The second kappa shape index (κ2) is 13.3. The summed E-state index contributed by atoms with van der Waals surface area (Å²) in [5, 5.41) is 24.2. The molecule has 0 N–H and O–H groups in total. The average Bonchev–Trinajstić information content (AvgIpc) is 3.68. The van der Waals surface area contributed by atoms with Gasteiger partial charge >= 0.3 is 24.2 Å². The molecule has 0 atom stereocenters. The number of nitrogens with zero attached hydrogens (tertiary/aromatic N) is 6. The maximum Gasteiger partial charge on any atom is 2.00 e. The minimum Gasteiger partial charge on any atom is -0.550 e. The fourth-order valence-electron chi connectivity index (χ4n) is 5.02. The second-order valence-corrected chi connectivity index (χ2v) is 10.0.